The van der Waals surface area contributed by atoms with E-state index < -0.39 is 0 Å². The molecule has 0 aliphatic heterocycles. The van der Waals surface area contributed by atoms with Gasteiger partial charge in [0.05, 0.1) is 0 Å². The highest BCUT2D eigenvalue weighted by Gasteiger charge is 2.07. The minimum atomic E-state index is 0.495. The Balaban J connectivity index is 2.42. The fourth-order valence-electron chi connectivity index (χ4n) is 1.54. The first-order chi connectivity index (χ1) is 7.97. The maximum atomic E-state index is 4.44. The fraction of sp³-hybridized carbons (Fsp3) is 0.692. The standard InChI is InChI=1S/C13H23N3S/c1-9(2)7-14-8-12(5)17-13-15-10(3)6-11(4)16-13/h6,9,12,14H,7-8H2,1-5H3. The van der Waals surface area contributed by atoms with Crippen molar-refractivity contribution in [3.8, 4) is 0 Å². The van der Waals surface area contributed by atoms with Crippen LogP contribution in [0.1, 0.15) is 32.2 Å². The van der Waals surface area contributed by atoms with Crippen molar-refractivity contribution in [2.24, 2.45) is 5.92 Å². The molecule has 4 heteroatoms. The normalized spacial score (nSPS) is 13.1. The van der Waals surface area contributed by atoms with Gasteiger partial charge in [0.25, 0.3) is 0 Å². The molecule has 0 spiro atoms. The van der Waals surface area contributed by atoms with Crippen LogP contribution >= 0.6 is 11.8 Å². The van der Waals surface area contributed by atoms with Gasteiger partial charge in [-0.15, -0.1) is 0 Å². The Morgan fingerprint density at radius 2 is 1.71 bits per heavy atom. The van der Waals surface area contributed by atoms with E-state index in [0.29, 0.717) is 11.2 Å². The lowest BCUT2D eigenvalue weighted by Crippen LogP contribution is -2.26. The molecule has 0 fully saturated rings. The Bertz CT molecular complexity index is 332. The maximum Gasteiger partial charge on any atom is 0.188 e. The van der Waals surface area contributed by atoms with Gasteiger partial charge < -0.3 is 5.32 Å². The van der Waals surface area contributed by atoms with Crippen LogP contribution in [-0.2, 0) is 0 Å². The van der Waals surface area contributed by atoms with Gasteiger partial charge in [0.2, 0.25) is 0 Å². The molecule has 1 aromatic rings. The van der Waals surface area contributed by atoms with Crippen molar-refractivity contribution in [3.05, 3.63) is 17.5 Å². The van der Waals surface area contributed by atoms with Gasteiger partial charge in [-0.1, -0.05) is 32.5 Å². The summed E-state index contributed by atoms with van der Waals surface area (Å²) in [4.78, 5) is 8.88. The number of hydrogen-bond donors (Lipinski definition) is 1. The van der Waals surface area contributed by atoms with Crippen LogP contribution < -0.4 is 5.32 Å². The molecule has 0 aliphatic carbocycles. The lowest BCUT2D eigenvalue weighted by atomic mass is 10.2. The Morgan fingerprint density at radius 1 is 1.12 bits per heavy atom. The van der Waals surface area contributed by atoms with E-state index >= 15 is 0 Å². The van der Waals surface area contributed by atoms with E-state index in [1.807, 2.05) is 19.9 Å². The predicted octanol–water partition coefficient (Wildman–Crippen LogP) is 2.82. The van der Waals surface area contributed by atoms with Gasteiger partial charge in [-0.2, -0.15) is 0 Å². The number of hydrogen-bond acceptors (Lipinski definition) is 4. The van der Waals surface area contributed by atoms with E-state index in [0.717, 1.165) is 29.6 Å². The Kier molecular flexibility index (Phi) is 5.92. The average molecular weight is 253 g/mol. The molecule has 1 atom stereocenters. The summed E-state index contributed by atoms with van der Waals surface area (Å²) in [5.41, 5.74) is 2.09. The Labute approximate surface area is 109 Å². The molecule has 0 amide bonds. The number of nitrogens with zero attached hydrogens (tertiary/aromatic N) is 2. The molecule has 96 valence electrons. The number of nitrogens with one attached hydrogen (secondary N) is 1. The van der Waals surface area contributed by atoms with Gasteiger partial charge in [-0.05, 0) is 32.4 Å². The Morgan fingerprint density at radius 3 is 2.24 bits per heavy atom. The maximum absolute atomic E-state index is 4.44. The summed E-state index contributed by atoms with van der Waals surface area (Å²) in [6, 6.07) is 2.01. The molecule has 0 saturated carbocycles. The molecule has 0 radical (unpaired) electrons. The van der Waals surface area contributed by atoms with Gasteiger partial charge in [0.15, 0.2) is 5.16 Å². The summed E-state index contributed by atoms with van der Waals surface area (Å²) in [6.07, 6.45) is 0. The van der Waals surface area contributed by atoms with Gasteiger partial charge >= 0.3 is 0 Å². The van der Waals surface area contributed by atoms with E-state index in [2.05, 4.69) is 36.1 Å². The first-order valence-electron chi connectivity index (χ1n) is 6.17. The van der Waals surface area contributed by atoms with Crippen molar-refractivity contribution in [3.63, 3.8) is 0 Å². The zero-order chi connectivity index (χ0) is 12.8. The predicted molar refractivity (Wildman–Crippen MR) is 74.5 cm³/mol. The van der Waals surface area contributed by atoms with Gasteiger partial charge in [-0.3, -0.25) is 0 Å². The van der Waals surface area contributed by atoms with Crippen LogP contribution in [0.2, 0.25) is 0 Å². The first-order valence-corrected chi connectivity index (χ1v) is 7.05. The van der Waals surface area contributed by atoms with Crippen LogP contribution in [0, 0.1) is 19.8 Å². The number of rotatable bonds is 6. The van der Waals surface area contributed by atoms with Crippen molar-refractivity contribution >= 4 is 11.8 Å². The summed E-state index contributed by atoms with van der Waals surface area (Å²) >= 11 is 1.74. The summed E-state index contributed by atoms with van der Waals surface area (Å²) in [7, 11) is 0. The largest absolute Gasteiger partial charge is 0.315 e. The fourth-order valence-corrected chi connectivity index (χ4v) is 2.50. The van der Waals surface area contributed by atoms with Gasteiger partial charge in [-0.25, -0.2) is 9.97 Å². The third kappa shape index (κ3) is 6.03. The minimum absolute atomic E-state index is 0.495. The van der Waals surface area contributed by atoms with Crippen molar-refractivity contribution in [1.29, 1.82) is 0 Å². The van der Waals surface area contributed by atoms with Crippen molar-refractivity contribution in [2.45, 2.75) is 45.0 Å². The topological polar surface area (TPSA) is 37.8 Å². The molecule has 1 heterocycles. The monoisotopic (exact) mass is 253 g/mol. The van der Waals surface area contributed by atoms with E-state index in [-0.39, 0.29) is 0 Å². The molecule has 1 aromatic heterocycles. The van der Waals surface area contributed by atoms with Crippen LogP contribution in [0.25, 0.3) is 0 Å². The highest BCUT2D eigenvalue weighted by Crippen LogP contribution is 2.19. The SMILES string of the molecule is Cc1cc(C)nc(SC(C)CNCC(C)C)n1. The van der Waals surface area contributed by atoms with E-state index in [4.69, 9.17) is 0 Å². The smallest absolute Gasteiger partial charge is 0.188 e. The summed E-state index contributed by atoms with van der Waals surface area (Å²) in [6.45, 7) is 12.7. The molecule has 0 bridgehead atoms. The quantitative estimate of drug-likeness (QED) is 0.625. The zero-order valence-electron chi connectivity index (χ0n) is 11.4. The molecular formula is C13H23N3S. The van der Waals surface area contributed by atoms with Crippen molar-refractivity contribution < 1.29 is 0 Å². The summed E-state index contributed by atoms with van der Waals surface area (Å²) in [5, 5.41) is 4.84. The van der Waals surface area contributed by atoms with Gasteiger partial charge in [0, 0.05) is 23.2 Å². The number of aromatic nitrogens is 2. The van der Waals surface area contributed by atoms with Crippen LogP contribution in [-0.4, -0.2) is 28.3 Å². The molecule has 1 N–H and O–H groups in total. The van der Waals surface area contributed by atoms with Crippen molar-refractivity contribution in [1.82, 2.24) is 15.3 Å². The van der Waals surface area contributed by atoms with Crippen LogP contribution in [0.5, 0.6) is 0 Å². The lowest BCUT2D eigenvalue weighted by molar-refractivity contribution is 0.553. The Hall–Kier alpha value is -0.610. The van der Waals surface area contributed by atoms with Crippen LogP contribution in [0.15, 0.2) is 11.2 Å². The minimum Gasteiger partial charge on any atom is -0.315 e. The van der Waals surface area contributed by atoms with Crippen LogP contribution in [0.3, 0.4) is 0 Å². The molecule has 17 heavy (non-hydrogen) atoms. The molecule has 1 unspecified atom stereocenters. The van der Waals surface area contributed by atoms with Crippen molar-refractivity contribution in [2.75, 3.05) is 13.1 Å². The van der Waals surface area contributed by atoms with E-state index in [1.165, 1.54) is 0 Å². The third-order valence-electron chi connectivity index (χ3n) is 2.25. The van der Waals surface area contributed by atoms with Crippen LogP contribution in [0.4, 0.5) is 0 Å². The number of thioether (sulfide) groups is 1. The second-order valence-electron chi connectivity index (χ2n) is 4.91. The second kappa shape index (κ2) is 6.97. The number of aryl methyl sites for hydroxylation is 2. The highest BCUT2D eigenvalue weighted by molar-refractivity contribution is 7.99. The highest BCUT2D eigenvalue weighted by atomic mass is 32.2. The van der Waals surface area contributed by atoms with E-state index in [1.54, 1.807) is 11.8 Å². The average Bonchev–Trinajstić information content (AvgIpc) is 2.14. The third-order valence-corrected chi connectivity index (χ3v) is 3.22. The lowest BCUT2D eigenvalue weighted by Gasteiger charge is -2.13. The molecule has 0 aromatic carbocycles. The molecule has 3 nitrogen and oxygen atoms in total. The van der Waals surface area contributed by atoms with Gasteiger partial charge in [0.1, 0.15) is 0 Å². The first kappa shape index (κ1) is 14.5. The molecule has 0 aliphatic rings. The summed E-state index contributed by atoms with van der Waals surface area (Å²) in [5.74, 6) is 0.699. The molecule has 0 saturated heterocycles. The van der Waals surface area contributed by atoms with E-state index in [9.17, 15) is 0 Å². The molecular weight excluding hydrogens is 230 g/mol. The molecule has 1 rings (SSSR count). The zero-order valence-corrected chi connectivity index (χ0v) is 12.3. The second-order valence-corrected chi connectivity index (χ2v) is 6.32. The summed E-state index contributed by atoms with van der Waals surface area (Å²) < 4.78 is 0.